The van der Waals surface area contributed by atoms with Gasteiger partial charge in [-0.2, -0.15) is 0 Å². The van der Waals surface area contributed by atoms with E-state index in [2.05, 4.69) is 10.6 Å². The van der Waals surface area contributed by atoms with Crippen LogP contribution in [-0.4, -0.2) is 15.8 Å². The van der Waals surface area contributed by atoms with Crippen molar-refractivity contribution in [1.82, 2.24) is 5.32 Å². The summed E-state index contributed by atoms with van der Waals surface area (Å²) in [5, 5.41) is 17.7. The number of phenolic OH excluding ortho intramolecular Hbond substituents is 1. The Morgan fingerprint density at radius 1 is 1.00 bits per heavy atom. The molecule has 0 bridgehead atoms. The first-order valence-electron chi connectivity index (χ1n) is 9.59. The summed E-state index contributed by atoms with van der Waals surface area (Å²) in [7, 11) is 0. The molecule has 1 aliphatic carbocycles. The highest BCUT2D eigenvalue weighted by atomic mass is 32.1. The number of rotatable bonds is 2. The summed E-state index contributed by atoms with van der Waals surface area (Å²) in [6, 6.07) is 17.7. The average Bonchev–Trinajstić information content (AvgIpc) is 2.65. The van der Waals surface area contributed by atoms with Crippen LogP contribution in [0.5, 0.6) is 5.75 Å². The number of aromatic hydroxyl groups is 1. The molecule has 0 atom stereocenters. The van der Waals surface area contributed by atoms with Gasteiger partial charge in [-0.1, -0.05) is 12.1 Å². The zero-order chi connectivity index (χ0) is 21.5. The summed E-state index contributed by atoms with van der Waals surface area (Å²) in [5.41, 5.74) is 3.87. The van der Waals surface area contributed by atoms with Crippen molar-refractivity contribution < 1.29 is 9.52 Å². The smallest absolute Gasteiger partial charge is 0.182 e. The molecule has 3 N–H and O–H groups in total. The lowest BCUT2D eigenvalue weighted by Gasteiger charge is -2.23. The molecule has 5 nitrogen and oxygen atoms in total. The Bertz CT molecular complexity index is 1270. The molecule has 0 fully saturated rings. The highest BCUT2D eigenvalue weighted by Gasteiger charge is 2.18. The van der Waals surface area contributed by atoms with Crippen LogP contribution < -0.4 is 16.1 Å². The molecule has 0 radical (unpaired) electrons. The van der Waals surface area contributed by atoms with Gasteiger partial charge in [0.15, 0.2) is 10.5 Å². The van der Waals surface area contributed by atoms with E-state index in [9.17, 15) is 9.90 Å². The predicted octanol–water partition coefficient (Wildman–Crippen LogP) is 5.36. The zero-order valence-corrected chi connectivity index (χ0v) is 17.8. The fourth-order valence-corrected chi connectivity index (χ4v) is 3.82. The number of benzene rings is 3. The van der Waals surface area contributed by atoms with Crippen LogP contribution >= 0.6 is 12.2 Å². The van der Waals surface area contributed by atoms with Crippen molar-refractivity contribution in [1.29, 1.82) is 0 Å². The van der Waals surface area contributed by atoms with E-state index >= 15 is 0 Å². The summed E-state index contributed by atoms with van der Waals surface area (Å²) in [4.78, 5) is 11.8. The molecule has 2 aromatic rings. The molecule has 1 aliphatic heterocycles. The van der Waals surface area contributed by atoms with E-state index < -0.39 is 0 Å². The minimum Gasteiger partial charge on any atom is -0.508 e. The number of thiocarbonyl (C=S) groups is 1. The van der Waals surface area contributed by atoms with Crippen LogP contribution in [0.15, 0.2) is 69.9 Å². The van der Waals surface area contributed by atoms with Crippen LogP contribution in [0.1, 0.15) is 20.8 Å². The second-order valence-electron chi connectivity index (χ2n) is 8.22. The molecule has 0 amide bonds. The molecule has 0 saturated heterocycles. The van der Waals surface area contributed by atoms with Crippen molar-refractivity contribution in [2.75, 3.05) is 5.32 Å². The Morgan fingerprint density at radius 3 is 2.43 bits per heavy atom. The minimum absolute atomic E-state index is 0.106. The summed E-state index contributed by atoms with van der Waals surface area (Å²) >= 11 is 5.37. The molecular formula is C24H22N2O3S. The summed E-state index contributed by atoms with van der Waals surface area (Å²) in [6.07, 6.45) is 0. The number of phenols is 1. The molecule has 152 valence electrons. The van der Waals surface area contributed by atoms with Crippen LogP contribution in [0.3, 0.4) is 0 Å². The SMILES string of the molecule is CC(C)(C)NC(=S)Nc1ccc(-c2c3ccc(=O)cc-3oc3cc(O)ccc23)cc1. The highest BCUT2D eigenvalue weighted by molar-refractivity contribution is 7.80. The standard InChI is InChI=1S/C24H22N2O3S/c1-24(2,3)26-23(30)25-15-6-4-14(5-7-15)22-18-10-8-16(27)12-20(18)29-21-13-17(28)9-11-19(21)22/h4-13,27H,1-3H3,(H2,25,26,30). The maximum atomic E-state index is 11.8. The minimum atomic E-state index is -0.129. The first-order chi connectivity index (χ1) is 14.2. The third-order valence-electron chi connectivity index (χ3n) is 4.60. The summed E-state index contributed by atoms with van der Waals surface area (Å²) in [5.74, 6) is 0.586. The van der Waals surface area contributed by atoms with Crippen LogP contribution in [-0.2, 0) is 0 Å². The molecule has 0 spiro atoms. The topological polar surface area (TPSA) is 74.5 Å². The van der Waals surface area contributed by atoms with Gasteiger partial charge in [-0.3, -0.25) is 4.79 Å². The van der Waals surface area contributed by atoms with E-state index in [1.165, 1.54) is 12.1 Å². The first kappa shape index (κ1) is 19.9. The van der Waals surface area contributed by atoms with Gasteiger partial charge < -0.3 is 20.2 Å². The van der Waals surface area contributed by atoms with E-state index in [0.717, 1.165) is 27.8 Å². The van der Waals surface area contributed by atoms with E-state index in [1.54, 1.807) is 18.2 Å². The zero-order valence-electron chi connectivity index (χ0n) is 16.9. The van der Waals surface area contributed by atoms with Gasteiger partial charge in [-0.25, -0.2) is 0 Å². The molecular weight excluding hydrogens is 396 g/mol. The van der Waals surface area contributed by atoms with Crippen LogP contribution in [0.4, 0.5) is 5.69 Å². The fourth-order valence-electron chi connectivity index (χ4n) is 3.39. The van der Waals surface area contributed by atoms with Crippen molar-refractivity contribution in [3.05, 3.63) is 70.9 Å². The number of fused-ring (bicyclic) bond motifs is 2. The molecule has 1 heterocycles. The van der Waals surface area contributed by atoms with Gasteiger partial charge in [-0.15, -0.1) is 0 Å². The molecule has 6 heteroatoms. The number of hydrogen-bond donors (Lipinski definition) is 3. The third kappa shape index (κ3) is 4.14. The summed E-state index contributed by atoms with van der Waals surface area (Å²) < 4.78 is 5.90. The number of nitrogens with one attached hydrogen (secondary N) is 2. The van der Waals surface area contributed by atoms with Crippen LogP contribution in [0.2, 0.25) is 0 Å². The average molecular weight is 419 g/mol. The molecule has 2 aromatic carbocycles. The normalized spacial score (nSPS) is 11.6. The predicted molar refractivity (Wildman–Crippen MR) is 125 cm³/mol. The van der Waals surface area contributed by atoms with Gasteiger partial charge >= 0.3 is 0 Å². The molecule has 0 saturated carbocycles. The quantitative estimate of drug-likeness (QED) is 0.301. The van der Waals surface area contributed by atoms with Crippen molar-refractivity contribution in [2.24, 2.45) is 0 Å². The van der Waals surface area contributed by atoms with Crippen molar-refractivity contribution in [3.63, 3.8) is 0 Å². The number of hydrogen-bond acceptors (Lipinski definition) is 4. The van der Waals surface area contributed by atoms with Gasteiger partial charge in [0.25, 0.3) is 0 Å². The lowest BCUT2D eigenvalue weighted by Crippen LogP contribution is -2.42. The Labute approximate surface area is 179 Å². The van der Waals surface area contributed by atoms with E-state index in [-0.39, 0.29) is 16.7 Å². The van der Waals surface area contributed by atoms with E-state index in [0.29, 0.717) is 16.5 Å². The largest absolute Gasteiger partial charge is 0.508 e. The van der Waals surface area contributed by atoms with Crippen molar-refractivity contribution in [2.45, 2.75) is 26.3 Å². The van der Waals surface area contributed by atoms with Gasteiger partial charge in [0.05, 0.1) is 0 Å². The monoisotopic (exact) mass is 418 g/mol. The van der Waals surface area contributed by atoms with Crippen molar-refractivity contribution >= 4 is 34.0 Å². The van der Waals surface area contributed by atoms with Crippen molar-refractivity contribution in [3.8, 4) is 28.2 Å². The Hall–Kier alpha value is -3.38. The van der Waals surface area contributed by atoms with Crippen LogP contribution in [0.25, 0.3) is 33.4 Å². The number of anilines is 1. The van der Waals surface area contributed by atoms with Gasteiger partial charge in [-0.05, 0) is 75.0 Å². The first-order valence-corrected chi connectivity index (χ1v) is 10.00. The maximum Gasteiger partial charge on any atom is 0.182 e. The molecule has 30 heavy (non-hydrogen) atoms. The lowest BCUT2D eigenvalue weighted by molar-refractivity contribution is 0.474. The Balaban J connectivity index is 1.79. The Morgan fingerprint density at radius 2 is 1.73 bits per heavy atom. The maximum absolute atomic E-state index is 11.8. The van der Waals surface area contributed by atoms with Gasteiger partial charge in [0, 0.05) is 39.9 Å². The lowest BCUT2D eigenvalue weighted by atomic mass is 9.93. The molecule has 0 aromatic heterocycles. The fraction of sp³-hybridized carbons (Fsp3) is 0.167. The molecule has 0 unspecified atom stereocenters. The molecule has 4 rings (SSSR count). The Kier molecular flexibility index (Phi) is 4.95. The highest BCUT2D eigenvalue weighted by Crippen LogP contribution is 2.40. The van der Waals surface area contributed by atoms with Gasteiger partial charge in [0.1, 0.15) is 17.1 Å². The second-order valence-corrected chi connectivity index (χ2v) is 8.63. The third-order valence-corrected chi connectivity index (χ3v) is 4.80. The second kappa shape index (κ2) is 7.46. The van der Waals surface area contributed by atoms with Crippen LogP contribution in [0, 0.1) is 0 Å². The van der Waals surface area contributed by atoms with E-state index in [1.807, 2.05) is 51.1 Å². The van der Waals surface area contributed by atoms with E-state index in [4.69, 9.17) is 16.6 Å². The molecule has 2 aliphatic rings. The summed E-state index contributed by atoms with van der Waals surface area (Å²) in [6.45, 7) is 6.14. The van der Waals surface area contributed by atoms with Gasteiger partial charge in [0.2, 0.25) is 0 Å².